The third-order valence-electron chi connectivity index (χ3n) is 4.71. The van der Waals surface area contributed by atoms with Crippen molar-refractivity contribution < 1.29 is 14.7 Å². The highest BCUT2D eigenvalue weighted by molar-refractivity contribution is 6.39. The molecule has 2 amide bonds. The Kier molecular flexibility index (Phi) is 4.43. The van der Waals surface area contributed by atoms with Crippen LogP contribution >= 0.6 is 0 Å². The monoisotopic (exact) mass is 302 g/mol. The number of aryl methyl sites for hydroxylation is 2. The number of rotatable bonds is 3. The van der Waals surface area contributed by atoms with Crippen molar-refractivity contribution in [3.63, 3.8) is 0 Å². The molecule has 1 aromatic rings. The highest BCUT2D eigenvalue weighted by Crippen LogP contribution is 2.25. The van der Waals surface area contributed by atoms with Gasteiger partial charge in [0.15, 0.2) is 0 Å². The van der Waals surface area contributed by atoms with Crippen LogP contribution in [0.2, 0.25) is 0 Å². The second-order valence-corrected chi connectivity index (χ2v) is 6.26. The fourth-order valence-electron chi connectivity index (χ4n) is 3.40. The van der Waals surface area contributed by atoms with E-state index in [1.807, 2.05) is 18.2 Å². The summed E-state index contributed by atoms with van der Waals surface area (Å²) in [5.41, 5.74) is 3.26. The van der Waals surface area contributed by atoms with Crippen LogP contribution < -0.4 is 10.6 Å². The van der Waals surface area contributed by atoms with Gasteiger partial charge < -0.3 is 15.7 Å². The molecule has 1 saturated carbocycles. The molecular formula is C17H22N2O3. The smallest absolute Gasteiger partial charge is 0.313 e. The molecule has 118 valence electrons. The highest BCUT2D eigenvalue weighted by Gasteiger charge is 2.26. The first-order valence-electron chi connectivity index (χ1n) is 8.02. The zero-order chi connectivity index (χ0) is 15.5. The average molecular weight is 302 g/mol. The summed E-state index contributed by atoms with van der Waals surface area (Å²) in [5.74, 6) is -1.22. The predicted octanol–water partition coefficient (Wildman–Crippen LogP) is 1.39. The van der Waals surface area contributed by atoms with E-state index in [0.717, 1.165) is 38.5 Å². The van der Waals surface area contributed by atoms with Gasteiger partial charge in [0.25, 0.3) is 0 Å². The molecule has 2 aliphatic rings. The summed E-state index contributed by atoms with van der Waals surface area (Å²) >= 11 is 0. The lowest BCUT2D eigenvalue weighted by atomic mass is 10.1. The number of nitrogens with one attached hydrogen (secondary N) is 2. The topological polar surface area (TPSA) is 78.4 Å². The summed E-state index contributed by atoms with van der Waals surface area (Å²) in [6.45, 7) is 0.359. The summed E-state index contributed by atoms with van der Waals surface area (Å²) in [7, 11) is 0. The molecule has 2 atom stereocenters. The van der Waals surface area contributed by atoms with E-state index in [1.54, 1.807) is 0 Å². The van der Waals surface area contributed by atoms with Crippen LogP contribution in [-0.2, 0) is 22.4 Å². The van der Waals surface area contributed by atoms with Gasteiger partial charge >= 0.3 is 11.8 Å². The minimum atomic E-state index is -0.648. The fourth-order valence-corrected chi connectivity index (χ4v) is 3.40. The quantitative estimate of drug-likeness (QED) is 0.738. The van der Waals surface area contributed by atoms with Crippen LogP contribution in [0.3, 0.4) is 0 Å². The lowest BCUT2D eigenvalue weighted by Crippen LogP contribution is -2.39. The van der Waals surface area contributed by atoms with Crippen molar-refractivity contribution in [2.75, 3.05) is 11.9 Å². The summed E-state index contributed by atoms with van der Waals surface area (Å²) in [6.07, 6.45) is 5.56. The number of amides is 2. The van der Waals surface area contributed by atoms with Gasteiger partial charge in [-0.2, -0.15) is 0 Å². The lowest BCUT2D eigenvalue weighted by molar-refractivity contribution is -0.136. The Morgan fingerprint density at radius 1 is 1.09 bits per heavy atom. The van der Waals surface area contributed by atoms with Crippen LogP contribution in [0.25, 0.3) is 0 Å². The minimum absolute atomic E-state index is 0.0664. The van der Waals surface area contributed by atoms with Gasteiger partial charge in [0.1, 0.15) is 0 Å². The first-order chi connectivity index (χ1) is 10.6. The largest absolute Gasteiger partial charge is 0.393 e. The molecule has 0 heterocycles. The summed E-state index contributed by atoms with van der Waals surface area (Å²) in [5, 5.41) is 15.0. The van der Waals surface area contributed by atoms with E-state index >= 15 is 0 Å². The van der Waals surface area contributed by atoms with E-state index in [1.165, 1.54) is 11.1 Å². The molecule has 0 bridgehead atoms. The molecule has 2 unspecified atom stereocenters. The van der Waals surface area contributed by atoms with E-state index in [4.69, 9.17) is 0 Å². The number of hydrogen-bond acceptors (Lipinski definition) is 3. The normalized spacial score (nSPS) is 23.1. The number of carbonyl (C=O) groups is 2. The molecule has 0 aromatic heterocycles. The van der Waals surface area contributed by atoms with Crippen LogP contribution in [0.4, 0.5) is 5.69 Å². The van der Waals surface area contributed by atoms with Crippen molar-refractivity contribution in [1.82, 2.24) is 5.32 Å². The molecule has 22 heavy (non-hydrogen) atoms. The van der Waals surface area contributed by atoms with Crippen LogP contribution in [0.5, 0.6) is 0 Å². The average Bonchev–Trinajstić information content (AvgIpc) is 3.13. The zero-order valence-electron chi connectivity index (χ0n) is 12.6. The van der Waals surface area contributed by atoms with Crippen molar-refractivity contribution in [3.05, 3.63) is 29.3 Å². The molecule has 0 aliphatic heterocycles. The zero-order valence-corrected chi connectivity index (χ0v) is 12.6. The summed E-state index contributed by atoms with van der Waals surface area (Å²) in [4.78, 5) is 23.8. The van der Waals surface area contributed by atoms with Gasteiger partial charge in [-0.25, -0.2) is 0 Å². The molecule has 2 aliphatic carbocycles. The second-order valence-electron chi connectivity index (χ2n) is 6.26. The van der Waals surface area contributed by atoms with Gasteiger partial charge in [0.05, 0.1) is 6.10 Å². The maximum absolute atomic E-state index is 11.9. The Hall–Kier alpha value is -1.88. The molecule has 5 nitrogen and oxygen atoms in total. The predicted molar refractivity (Wildman–Crippen MR) is 83.5 cm³/mol. The van der Waals surface area contributed by atoms with Crippen molar-refractivity contribution in [1.29, 1.82) is 0 Å². The van der Waals surface area contributed by atoms with Gasteiger partial charge in [0, 0.05) is 18.2 Å². The van der Waals surface area contributed by atoms with Gasteiger partial charge in [-0.15, -0.1) is 0 Å². The Bertz CT molecular complexity index is 585. The molecule has 1 fully saturated rings. The Morgan fingerprint density at radius 3 is 2.68 bits per heavy atom. The number of hydrogen-bond donors (Lipinski definition) is 3. The number of aliphatic hydroxyl groups is 1. The van der Waals surface area contributed by atoms with E-state index in [9.17, 15) is 14.7 Å². The number of carbonyl (C=O) groups excluding carboxylic acids is 2. The number of aliphatic hydroxyl groups excluding tert-OH is 1. The molecule has 3 N–H and O–H groups in total. The van der Waals surface area contributed by atoms with Gasteiger partial charge in [-0.05, 0) is 55.4 Å². The molecule has 3 rings (SSSR count). The van der Waals surface area contributed by atoms with E-state index < -0.39 is 11.8 Å². The lowest BCUT2D eigenvalue weighted by Gasteiger charge is -2.15. The first-order valence-corrected chi connectivity index (χ1v) is 8.02. The maximum atomic E-state index is 11.9. The van der Waals surface area contributed by atoms with Crippen molar-refractivity contribution >= 4 is 17.5 Å². The Balaban J connectivity index is 1.51. The van der Waals surface area contributed by atoms with Crippen LogP contribution in [0.15, 0.2) is 18.2 Å². The van der Waals surface area contributed by atoms with Crippen molar-refractivity contribution in [2.24, 2.45) is 5.92 Å². The summed E-state index contributed by atoms with van der Waals surface area (Å²) < 4.78 is 0. The van der Waals surface area contributed by atoms with E-state index in [2.05, 4.69) is 10.6 Å². The number of benzene rings is 1. The third kappa shape index (κ3) is 3.30. The Labute approximate surface area is 130 Å². The van der Waals surface area contributed by atoms with Crippen LogP contribution in [-0.4, -0.2) is 29.6 Å². The van der Waals surface area contributed by atoms with Crippen molar-refractivity contribution in [3.8, 4) is 0 Å². The van der Waals surface area contributed by atoms with Crippen LogP contribution in [0.1, 0.15) is 36.8 Å². The highest BCUT2D eigenvalue weighted by atomic mass is 16.3. The van der Waals surface area contributed by atoms with Crippen molar-refractivity contribution in [2.45, 2.75) is 44.6 Å². The molecule has 5 heteroatoms. The first kappa shape index (κ1) is 15.0. The SMILES string of the molecule is O=C(NCC1CCCC1O)C(=O)Nc1ccc2c(c1)CCC2. The minimum Gasteiger partial charge on any atom is -0.393 e. The standard InChI is InChI=1S/C17H22N2O3/c20-15-6-2-5-13(15)10-18-16(21)17(22)19-14-8-7-11-3-1-4-12(11)9-14/h7-9,13,15,20H,1-6,10H2,(H,18,21)(H,19,22). The van der Waals surface area contributed by atoms with Gasteiger partial charge in [-0.1, -0.05) is 12.5 Å². The Morgan fingerprint density at radius 2 is 1.91 bits per heavy atom. The molecule has 0 saturated heterocycles. The molecule has 0 spiro atoms. The summed E-state index contributed by atoms with van der Waals surface area (Å²) in [6, 6.07) is 5.81. The van der Waals surface area contributed by atoms with Crippen LogP contribution in [0, 0.1) is 5.92 Å². The number of anilines is 1. The maximum Gasteiger partial charge on any atom is 0.313 e. The van der Waals surface area contributed by atoms with Gasteiger partial charge in [-0.3, -0.25) is 9.59 Å². The molecule has 1 aromatic carbocycles. The molecular weight excluding hydrogens is 280 g/mol. The molecule has 0 radical (unpaired) electrons. The number of fused-ring (bicyclic) bond motifs is 1. The van der Waals surface area contributed by atoms with Gasteiger partial charge in [0.2, 0.25) is 0 Å². The second kappa shape index (κ2) is 6.48. The van der Waals surface area contributed by atoms with E-state index in [0.29, 0.717) is 12.2 Å². The third-order valence-corrected chi connectivity index (χ3v) is 4.71. The van der Waals surface area contributed by atoms with E-state index in [-0.39, 0.29) is 12.0 Å². The fraction of sp³-hybridized carbons (Fsp3) is 0.529.